The highest BCUT2D eigenvalue weighted by Gasteiger charge is 2.17. The van der Waals surface area contributed by atoms with Crippen LogP contribution in [-0.4, -0.2) is 27.8 Å². The number of nitrogens with one attached hydrogen (secondary N) is 1. The first-order chi connectivity index (χ1) is 15.0. The molecule has 1 amide bonds. The van der Waals surface area contributed by atoms with Crippen LogP contribution in [0.5, 0.6) is 0 Å². The molecule has 0 saturated heterocycles. The molecule has 2 aromatic heterocycles. The van der Waals surface area contributed by atoms with Gasteiger partial charge in [0, 0.05) is 11.4 Å². The number of nitrogens with zero attached hydrogens (tertiary/aromatic N) is 2. The number of hydrogen-bond acceptors (Lipinski definition) is 5. The molecule has 0 aliphatic rings. The Morgan fingerprint density at radius 3 is 2.45 bits per heavy atom. The highest BCUT2D eigenvalue weighted by atomic mass is 32.2. The van der Waals surface area contributed by atoms with E-state index in [2.05, 4.69) is 19.2 Å². The van der Waals surface area contributed by atoms with Crippen LogP contribution < -0.4 is 10.9 Å². The fraction of sp³-hybridized carbons (Fsp3) is 0.208. The molecule has 0 aliphatic carbocycles. The number of hydrogen-bond donors (Lipinski definition) is 1. The van der Waals surface area contributed by atoms with E-state index in [1.165, 1.54) is 23.1 Å². The molecule has 5 nitrogen and oxygen atoms in total. The molecule has 7 heteroatoms. The number of amides is 1. The Morgan fingerprint density at radius 2 is 1.77 bits per heavy atom. The van der Waals surface area contributed by atoms with Crippen molar-refractivity contribution in [3.05, 3.63) is 77.1 Å². The van der Waals surface area contributed by atoms with Gasteiger partial charge in [-0.2, -0.15) is 0 Å². The summed E-state index contributed by atoms with van der Waals surface area (Å²) in [5, 5.41) is 4.02. The van der Waals surface area contributed by atoms with Gasteiger partial charge in [-0.15, -0.1) is 11.3 Å². The monoisotopic (exact) mass is 449 g/mol. The summed E-state index contributed by atoms with van der Waals surface area (Å²) in [7, 11) is 0. The number of aromatic nitrogens is 2. The second-order valence-corrected chi connectivity index (χ2v) is 9.53. The maximum atomic E-state index is 13.5. The summed E-state index contributed by atoms with van der Waals surface area (Å²) in [6, 6.07) is 21.3. The van der Waals surface area contributed by atoms with Gasteiger partial charge in [0.1, 0.15) is 4.83 Å². The van der Waals surface area contributed by atoms with Gasteiger partial charge in [0.25, 0.3) is 5.56 Å². The second kappa shape index (κ2) is 9.49. The summed E-state index contributed by atoms with van der Waals surface area (Å²) in [6.45, 7) is 4.73. The van der Waals surface area contributed by atoms with Gasteiger partial charge in [-0.25, -0.2) is 4.98 Å². The fourth-order valence-corrected chi connectivity index (χ4v) is 5.03. The van der Waals surface area contributed by atoms with Gasteiger partial charge in [0.15, 0.2) is 5.16 Å². The van der Waals surface area contributed by atoms with Crippen molar-refractivity contribution in [2.45, 2.75) is 19.0 Å². The van der Waals surface area contributed by atoms with E-state index >= 15 is 0 Å². The number of benzene rings is 2. The van der Waals surface area contributed by atoms with Crippen LogP contribution in [0, 0.1) is 5.92 Å². The summed E-state index contributed by atoms with van der Waals surface area (Å²) in [4.78, 5) is 32.2. The Balaban J connectivity index is 1.76. The standard InChI is InChI=1S/C24H23N3O2S2/c1-16(2)14-25-21(28)15-30-24-26-22-19(13-20(31-22)17-9-5-3-6-10-17)23(29)27(24)18-11-7-4-8-12-18/h3-13,16H,14-15H2,1-2H3,(H,25,28). The molecular formula is C24H23N3O2S2. The maximum absolute atomic E-state index is 13.5. The molecule has 4 rings (SSSR count). The number of rotatable bonds is 7. The van der Waals surface area contributed by atoms with Crippen molar-refractivity contribution in [3.63, 3.8) is 0 Å². The molecule has 0 bridgehead atoms. The molecule has 2 aromatic carbocycles. The van der Waals surface area contributed by atoms with Crippen LogP contribution in [0.15, 0.2) is 76.7 Å². The topological polar surface area (TPSA) is 64.0 Å². The number of carbonyl (C=O) groups excluding carboxylic acids is 1. The van der Waals surface area contributed by atoms with E-state index in [1.807, 2.05) is 66.7 Å². The highest BCUT2D eigenvalue weighted by Crippen LogP contribution is 2.32. The van der Waals surface area contributed by atoms with Crippen LogP contribution in [0.3, 0.4) is 0 Å². The lowest BCUT2D eigenvalue weighted by Crippen LogP contribution is -2.29. The molecule has 0 radical (unpaired) electrons. The quantitative estimate of drug-likeness (QED) is 0.319. The van der Waals surface area contributed by atoms with Gasteiger partial charge in [-0.3, -0.25) is 14.2 Å². The molecule has 1 N–H and O–H groups in total. The van der Waals surface area contributed by atoms with Crippen LogP contribution >= 0.6 is 23.1 Å². The summed E-state index contributed by atoms with van der Waals surface area (Å²) in [5.41, 5.74) is 1.66. The molecule has 0 spiro atoms. The lowest BCUT2D eigenvalue weighted by Gasteiger charge is -2.12. The van der Waals surface area contributed by atoms with Crippen molar-refractivity contribution in [2.24, 2.45) is 5.92 Å². The summed E-state index contributed by atoms with van der Waals surface area (Å²) < 4.78 is 1.60. The van der Waals surface area contributed by atoms with Crippen molar-refractivity contribution in [1.29, 1.82) is 0 Å². The third-order valence-corrected chi connectivity index (χ3v) is 6.66. The Bertz CT molecular complexity index is 1250. The van der Waals surface area contributed by atoms with Crippen LogP contribution in [0.25, 0.3) is 26.3 Å². The van der Waals surface area contributed by atoms with E-state index in [4.69, 9.17) is 4.98 Å². The lowest BCUT2D eigenvalue weighted by atomic mass is 10.2. The zero-order valence-corrected chi connectivity index (χ0v) is 19.0. The molecule has 0 atom stereocenters. The number of fused-ring (bicyclic) bond motifs is 1. The van der Waals surface area contributed by atoms with Gasteiger partial charge in [-0.05, 0) is 29.7 Å². The first-order valence-electron chi connectivity index (χ1n) is 10.1. The van der Waals surface area contributed by atoms with Crippen LogP contribution in [0.4, 0.5) is 0 Å². The number of thioether (sulfide) groups is 1. The third kappa shape index (κ3) is 4.89. The van der Waals surface area contributed by atoms with Gasteiger partial charge in [-0.1, -0.05) is 74.1 Å². The Kier molecular flexibility index (Phi) is 6.53. The van der Waals surface area contributed by atoms with Gasteiger partial charge in [0.2, 0.25) is 5.91 Å². The van der Waals surface area contributed by atoms with Crippen molar-refractivity contribution < 1.29 is 4.79 Å². The van der Waals surface area contributed by atoms with Gasteiger partial charge in [0.05, 0.1) is 16.8 Å². The minimum absolute atomic E-state index is 0.0659. The molecule has 31 heavy (non-hydrogen) atoms. The molecular weight excluding hydrogens is 426 g/mol. The largest absolute Gasteiger partial charge is 0.355 e. The smallest absolute Gasteiger partial charge is 0.267 e. The van der Waals surface area contributed by atoms with E-state index in [0.717, 1.165) is 16.1 Å². The Labute approximate surface area is 189 Å². The van der Waals surface area contributed by atoms with Crippen molar-refractivity contribution in [3.8, 4) is 16.1 Å². The van der Waals surface area contributed by atoms with Crippen LogP contribution in [-0.2, 0) is 4.79 Å². The minimum atomic E-state index is -0.125. The first-order valence-corrected chi connectivity index (χ1v) is 11.9. The molecule has 0 saturated carbocycles. The summed E-state index contributed by atoms with van der Waals surface area (Å²) in [5.74, 6) is 0.520. The predicted octanol–water partition coefficient (Wildman–Crippen LogP) is 4.98. The van der Waals surface area contributed by atoms with Crippen LogP contribution in [0.1, 0.15) is 13.8 Å². The van der Waals surface area contributed by atoms with E-state index in [-0.39, 0.29) is 17.2 Å². The molecule has 2 heterocycles. The third-order valence-electron chi connectivity index (χ3n) is 4.65. The first kappa shape index (κ1) is 21.3. The molecule has 0 fully saturated rings. The average Bonchev–Trinajstić information content (AvgIpc) is 3.22. The zero-order chi connectivity index (χ0) is 21.8. The van der Waals surface area contributed by atoms with Crippen molar-refractivity contribution >= 4 is 39.2 Å². The average molecular weight is 450 g/mol. The SMILES string of the molecule is CC(C)CNC(=O)CSc1nc2sc(-c3ccccc3)cc2c(=O)n1-c1ccccc1. The molecule has 158 valence electrons. The fourth-order valence-electron chi connectivity index (χ4n) is 3.11. The van der Waals surface area contributed by atoms with Crippen molar-refractivity contribution in [1.82, 2.24) is 14.9 Å². The lowest BCUT2D eigenvalue weighted by molar-refractivity contribution is -0.118. The van der Waals surface area contributed by atoms with Gasteiger partial charge >= 0.3 is 0 Å². The highest BCUT2D eigenvalue weighted by molar-refractivity contribution is 7.99. The number of thiophene rings is 1. The Morgan fingerprint density at radius 1 is 1.10 bits per heavy atom. The number of carbonyl (C=O) groups is 1. The zero-order valence-electron chi connectivity index (χ0n) is 17.4. The summed E-state index contributed by atoms with van der Waals surface area (Å²) in [6.07, 6.45) is 0. The van der Waals surface area contributed by atoms with Crippen molar-refractivity contribution in [2.75, 3.05) is 12.3 Å². The van der Waals surface area contributed by atoms with Gasteiger partial charge < -0.3 is 5.32 Å². The maximum Gasteiger partial charge on any atom is 0.267 e. The van der Waals surface area contributed by atoms with E-state index in [0.29, 0.717) is 27.8 Å². The van der Waals surface area contributed by atoms with E-state index in [9.17, 15) is 9.59 Å². The minimum Gasteiger partial charge on any atom is -0.355 e. The van der Waals surface area contributed by atoms with E-state index < -0.39 is 0 Å². The normalized spacial score (nSPS) is 11.2. The second-order valence-electron chi connectivity index (χ2n) is 7.55. The Hall–Kier alpha value is -2.90. The summed E-state index contributed by atoms with van der Waals surface area (Å²) >= 11 is 2.77. The number of para-hydroxylation sites is 1. The van der Waals surface area contributed by atoms with E-state index in [1.54, 1.807) is 4.57 Å². The molecule has 4 aromatic rings. The van der Waals surface area contributed by atoms with Crippen LogP contribution in [0.2, 0.25) is 0 Å². The predicted molar refractivity (Wildman–Crippen MR) is 129 cm³/mol. The molecule has 0 unspecified atom stereocenters. The molecule has 0 aliphatic heterocycles.